The van der Waals surface area contributed by atoms with Gasteiger partial charge in [0.15, 0.2) is 0 Å². The molecule has 35 heavy (non-hydrogen) atoms. The Morgan fingerprint density at radius 1 is 0.943 bits per heavy atom. The highest BCUT2D eigenvalue weighted by atomic mass is 32.2. The van der Waals surface area contributed by atoms with Gasteiger partial charge in [-0.15, -0.1) is 0 Å². The third kappa shape index (κ3) is 5.45. The Morgan fingerprint density at radius 2 is 1.69 bits per heavy atom. The van der Waals surface area contributed by atoms with Crippen molar-refractivity contribution in [1.29, 1.82) is 0 Å². The molecule has 3 saturated heterocycles. The van der Waals surface area contributed by atoms with Crippen molar-refractivity contribution in [3.8, 4) is 0 Å². The van der Waals surface area contributed by atoms with Gasteiger partial charge in [0.25, 0.3) is 0 Å². The van der Waals surface area contributed by atoms with Gasteiger partial charge in [0, 0.05) is 36.9 Å². The van der Waals surface area contributed by atoms with Gasteiger partial charge in [-0.3, -0.25) is 9.69 Å². The highest BCUT2D eigenvalue weighted by Gasteiger charge is 2.42. The third-order valence-corrected chi connectivity index (χ3v) is 9.62. The summed E-state index contributed by atoms with van der Waals surface area (Å²) in [6.07, 6.45) is 7.34. The molecule has 0 spiro atoms. The van der Waals surface area contributed by atoms with Crippen LogP contribution in [-0.2, 0) is 14.8 Å². The number of carbonyl (C=O) groups excluding carboxylic acids is 1. The first-order valence-corrected chi connectivity index (χ1v) is 14.4. The van der Waals surface area contributed by atoms with E-state index in [1.807, 2.05) is 6.07 Å². The van der Waals surface area contributed by atoms with Gasteiger partial charge >= 0.3 is 0 Å². The number of fused-ring (bicyclic) bond motifs is 1. The van der Waals surface area contributed by atoms with E-state index in [-0.39, 0.29) is 16.8 Å². The highest BCUT2D eigenvalue weighted by Crippen LogP contribution is 2.39. The average molecular weight is 497 g/mol. The molecule has 3 atom stereocenters. The number of nitrogens with zero attached hydrogens (tertiary/aromatic N) is 2. The van der Waals surface area contributed by atoms with E-state index in [0.717, 1.165) is 38.6 Å². The smallest absolute Gasteiger partial charge is 0.243 e. The van der Waals surface area contributed by atoms with Gasteiger partial charge < -0.3 is 10.6 Å². The Hall–Kier alpha value is -2.26. The third-order valence-electron chi connectivity index (χ3n) is 7.70. The summed E-state index contributed by atoms with van der Waals surface area (Å²) in [5.74, 6) is -0.0672. The second-order valence-corrected chi connectivity index (χ2v) is 11.9. The fraction of sp³-hybridized carbons (Fsp3) is 0.519. The molecule has 2 aromatic rings. The van der Waals surface area contributed by atoms with Crippen LogP contribution in [0, 0.1) is 0 Å². The summed E-state index contributed by atoms with van der Waals surface area (Å²) in [4.78, 5) is 15.8. The van der Waals surface area contributed by atoms with Crippen LogP contribution in [0.25, 0.3) is 0 Å². The van der Waals surface area contributed by atoms with Crippen LogP contribution < -0.4 is 10.6 Å². The normalized spacial score (nSPS) is 26.1. The van der Waals surface area contributed by atoms with E-state index >= 15 is 0 Å². The first-order valence-electron chi connectivity index (χ1n) is 13.0. The molecule has 1 amide bonds. The molecule has 0 unspecified atom stereocenters. The second kappa shape index (κ2) is 10.8. The maximum Gasteiger partial charge on any atom is 0.243 e. The first kappa shape index (κ1) is 24.4. The van der Waals surface area contributed by atoms with Crippen molar-refractivity contribution in [1.82, 2.24) is 14.5 Å². The minimum atomic E-state index is -3.48. The Morgan fingerprint density at radius 3 is 2.43 bits per heavy atom. The van der Waals surface area contributed by atoms with Crippen molar-refractivity contribution in [2.45, 2.75) is 68.0 Å². The Balaban J connectivity index is 1.27. The fourth-order valence-corrected chi connectivity index (χ4v) is 7.43. The van der Waals surface area contributed by atoms with Crippen molar-refractivity contribution in [3.63, 3.8) is 0 Å². The second-order valence-electron chi connectivity index (χ2n) is 10.00. The van der Waals surface area contributed by atoms with Gasteiger partial charge in [-0.1, -0.05) is 43.2 Å². The summed E-state index contributed by atoms with van der Waals surface area (Å²) in [6, 6.07) is 18.0. The summed E-state index contributed by atoms with van der Waals surface area (Å²) >= 11 is 0. The van der Waals surface area contributed by atoms with Gasteiger partial charge in [0.05, 0.1) is 11.4 Å². The van der Waals surface area contributed by atoms with Crippen LogP contribution in [0.4, 0.5) is 5.69 Å². The molecule has 0 bridgehead atoms. The van der Waals surface area contributed by atoms with Crippen LogP contribution in [0.1, 0.15) is 56.6 Å². The molecular formula is C27H36N4O3S. The number of carbonyl (C=O) groups is 1. The molecule has 3 aliphatic rings. The van der Waals surface area contributed by atoms with Gasteiger partial charge in [-0.2, -0.15) is 4.31 Å². The molecule has 7 nitrogen and oxygen atoms in total. The van der Waals surface area contributed by atoms with Crippen molar-refractivity contribution in [2.24, 2.45) is 0 Å². The Bertz CT molecular complexity index is 1100. The Labute approximate surface area is 208 Å². The number of anilines is 1. The zero-order valence-electron chi connectivity index (χ0n) is 20.2. The van der Waals surface area contributed by atoms with E-state index in [1.165, 1.54) is 18.4 Å². The van der Waals surface area contributed by atoms with Crippen LogP contribution in [0.2, 0.25) is 0 Å². The molecule has 0 aromatic heterocycles. The number of amides is 1. The van der Waals surface area contributed by atoms with E-state index in [1.54, 1.807) is 28.6 Å². The Kier molecular flexibility index (Phi) is 7.53. The number of piperidine rings is 1. The lowest BCUT2D eigenvalue weighted by Crippen LogP contribution is -2.44. The van der Waals surface area contributed by atoms with E-state index in [4.69, 9.17) is 0 Å². The molecule has 0 aliphatic carbocycles. The zero-order chi connectivity index (χ0) is 24.3. The van der Waals surface area contributed by atoms with Crippen LogP contribution in [0.5, 0.6) is 0 Å². The molecule has 2 aromatic carbocycles. The van der Waals surface area contributed by atoms with Crippen LogP contribution in [0.3, 0.4) is 0 Å². The lowest BCUT2D eigenvalue weighted by Gasteiger charge is -2.30. The zero-order valence-corrected chi connectivity index (χ0v) is 21.1. The van der Waals surface area contributed by atoms with E-state index in [0.29, 0.717) is 37.4 Å². The predicted octanol–water partition coefficient (Wildman–Crippen LogP) is 3.76. The number of benzene rings is 2. The molecule has 3 fully saturated rings. The molecular weight excluding hydrogens is 460 g/mol. The maximum atomic E-state index is 13.1. The van der Waals surface area contributed by atoms with Gasteiger partial charge in [-0.05, 0) is 68.5 Å². The topological polar surface area (TPSA) is 81.8 Å². The number of rotatable bonds is 6. The van der Waals surface area contributed by atoms with Crippen molar-refractivity contribution >= 4 is 21.6 Å². The molecule has 3 heterocycles. The minimum absolute atomic E-state index is 0.0672. The molecule has 3 aliphatic heterocycles. The highest BCUT2D eigenvalue weighted by molar-refractivity contribution is 7.89. The molecule has 0 saturated carbocycles. The van der Waals surface area contributed by atoms with Crippen LogP contribution in [-0.4, -0.2) is 61.8 Å². The largest absolute Gasteiger partial charge is 0.325 e. The molecule has 188 valence electrons. The number of hydrogen-bond acceptors (Lipinski definition) is 5. The number of nitrogens with one attached hydrogen (secondary N) is 2. The summed E-state index contributed by atoms with van der Waals surface area (Å²) in [5.41, 5.74) is 1.88. The van der Waals surface area contributed by atoms with Crippen LogP contribution >= 0.6 is 0 Å². The predicted molar refractivity (Wildman–Crippen MR) is 138 cm³/mol. The summed E-state index contributed by atoms with van der Waals surface area (Å²) in [6.45, 7) is 2.51. The number of hydrogen-bond donors (Lipinski definition) is 2. The SMILES string of the molecule is O=C(CN1[C@H](c2ccccc2)C[C@H]2NCCCC[C@@H]21)Nc1ccc(S(=O)(=O)N2CCCCC2)cc1. The standard InChI is InChI=1S/C27H36N4O3S/c32-27(29-22-12-14-23(15-13-22)35(33,34)30-17-7-2-8-18-30)20-31-25-11-5-6-16-28-24(25)19-26(31)21-9-3-1-4-10-21/h1,3-4,9-10,12-15,24-26,28H,2,5-8,11,16-20H2,(H,29,32)/t24-,25+,26+/m1/s1. The van der Waals surface area contributed by atoms with Crippen molar-refractivity contribution in [3.05, 3.63) is 60.2 Å². The average Bonchev–Trinajstić information content (AvgIpc) is 3.05. The van der Waals surface area contributed by atoms with Crippen molar-refractivity contribution in [2.75, 3.05) is 31.5 Å². The monoisotopic (exact) mass is 496 g/mol. The maximum absolute atomic E-state index is 13.1. The lowest BCUT2D eigenvalue weighted by molar-refractivity contribution is -0.118. The molecule has 2 N–H and O–H groups in total. The quantitative estimate of drug-likeness (QED) is 0.637. The van der Waals surface area contributed by atoms with Crippen molar-refractivity contribution < 1.29 is 13.2 Å². The minimum Gasteiger partial charge on any atom is -0.325 e. The molecule has 5 rings (SSSR count). The van der Waals surface area contributed by atoms with Gasteiger partial charge in [0.1, 0.15) is 0 Å². The van der Waals surface area contributed by atoms with E-state index in [2.05, 4.69) is 39.8 Å². The summed E-state index contributed by atoms with van der Waals surface area (Å²) in [5, 5.41) is 6.71. The summed E-state index contributed by atoms with van der Waals surface area (Å²) in [7, 11) is -3.48. The van der Waals surface area contributed by atoms with E-state index < -0.39 is 10.0 Å². The molecule has 8 heteroatoms. The summed E-state index contributed by atoms with van der Waals surface area (Å²) < 4.78 is 27.4. The number of sulfonamides is 1. The number of likely N-dealkylation sites (tertiary alicyclic amines) is 1. The fourth-order valence-electron chi connectivity index (χ4n) is 5.91. The van der Waals surface area contributed by atoms with Crippen LogP contribution in [0.15, 0.2) is 59.5 Å². The van der Waals surface area contributed by atoms with Gasteiger partial charge in [0.2, 0.25) is 15.9 Å². The van der Waals surface area contributed by atoms with Gasteiger partial charge in [-0.25, -0.2) is 8.42 Å². The lowest BCUT2D eigenvalue weighted by atomic mass is 10.0. The van der Waals surface area contributed by atoms with E-state index in [9.17, 15) is 13.2 Å². The first-order chi connectivity index (χ1) is 17.0. The molecule has 0 radical (unpaired) electrons.